The maximum Gasteiger partial charge on any atom is 0.358 e. The third-order valence-electron chi connectivity index (χ3n) is 3.13. The smallest absolute Gasteiger partial charge is 0.358 e. The summed E-state index contributed by atoms with van der Waals surface area (Å²) >= 11 is 0. The van der Waals surface area contributed by atoms with E-state index in [2.05, 4.69) is 20.4 Å². The maximum atomic E-state index is 12.0. The molecule has 0 radical (unpaired) electrons. The number of benzene rings is 1. The Morgan fingerprint density at radius 2 is 1.88 bits per heavy atom. The molecule has 1 aromatic heterocycles. The van der Waals surface area contributed by atoms with Crippen LogP contribution in [0.3, 0.4) is 0 Å². The molecule has 0 saturated carbocycles. The van der Waals surface area contributed by atoms with E-state index in [1.807, 2.05) is 6.92 Å². The molecule has 0 bridgehead atoms. The molecule has 0 saturated heterocycles. The first kappa shape index (κ1) is 18.5. The highest BCUT2D eigenvalue weighted by atomic mass is 32.2. The molecule has 0 spiro atoms. The van der Waals surface area contributed by atoms with Crippen molar-refractivity contribution in [3.05, 3.63) is 41.7 Å². The lowest BCUT2D eigenvalue weighted by Gasteiger charge is -2.08. The number of aromatic carboxylic acids is 1. The third-order valence-corrected chi connectivity index (χ3v) is 4.61. The van der Waals surface area contributed by atoms with Crippen LogP contribution in [0.2, 0.25) is 0 Å². The number of carboxylic acids is 1. The summed E-state index contributed by atoms with van der Waals surface area (Å²) in [7, 11) is -3.63. The first-order chi connectivity index (χ1) is 11.8. The van der Waals surface area contributed by atoms with Gasteiger partial charge in [0.2, 0.25) is 15.9 Å². The molecule has 10 nitrogen and oxygen atoms in total. The minimum absolute atomic E-state index is 0.0136. The van der Waals surface area contributed by atoms with Gasteiger partial charge >= 0.3 is 5.97 Å². The van der Waals surface area contributed by atoms with Crippen LogP contribution >= 0.6 is 0 Å². The van der Waals surface area contributed by atoms with Crippen molar-refractivity contribution in [2.24, 2.45) is 0 Å². The van der Waals surface area contributed by atoms with E-state index in [0.29, 0.717) is 0 Å². The fourth-order valence-corrected chi connectivity index (χ4v) is 2.90. The van der Waals surface area contributed by atoms with Gasteiger partial charge in [0.25, 0.3) is 0 Å². The molecular weight excluding hydrogens is 350 g/mol. The van der Waals surface area contributed by atoms with Gasteiger partial charge in [0.1, 0.15) is 6.54 Å². The Kier molecular flexibility index (Phi) is 5.83. The fraction of sp³-hybridized carbons (Fsp3) is 0.286. The molecule has 0 unspecified atom stereocenters. The number of aryl methyl sites for hydroxylation is 1. The van der Waals surface area contributed by atoms with Crippen molar-refractivity contribution in [1.29, 1.82) is 0 Å². The van der Waals surface area contributed by atoms with Crippen LogP contribution in [-0.2, 0) is 21.4 Å². The van der Waals surface area contributed by atoms with Crippen molar-refractivity contribution >= 4 is 21.9 Å². The van der Waals surface area contributed by atoms with Crippen LogP contribution in [0.15, 0.2) is 35.4 Å². The normalized spacial score (nSPS) is 11.2. The Balaban J connectivity index is 1.77. The second kappa shape index (κ2) is 7.85. The molecule has 0 atom stereocenters. The molecule has 2 aromatic rings. The van der Waals surface area contributed by atoms with E-state index in [1.54, 1.807) is 12.1 Å². The summed E-state index contributed by atoms with van der Waals surface area (Å²) in [6.07, 6.45) is 1.13. The van der Waals surface area contributed by atoms with Gasteiger partial charge in [0, 0.05) is 13.1 Å². The molecule has 134 valence electrons. The number of amides is 1. The van der Waals surface area contributed by atoms with Gasteiger partial charge in [-0.3, -0.25) is 4.79 Å². The summed E-state index contributed by atoms with van der Waals surface area (Å²) in [5.41, 5.74) is 0.684. The van der Waals surface area contributed by atoms with Crippen molar-refractivity contribution < 1.29 is 23.1 Å². The van der Waals surface area contributed by atoms with Crippen LogP contribution in [0.5, 0.6) is 0 Å². The summed E-state index contributed by atoms with van der Waals surface area (Å²) < 4.78 is 27.5. The highest BCUT2D eigenvalue weighted by Gasteiger charge is 2.13. The van der Waals surface area contributed by atoms with Gasteiger partial charge in [-0.25, -0.2) is 22.6 Å². The predicted octanol–water partition coefficient (Wildman–Crippen LogP) is -0.621. The summed E-state index contributed by atoms with van der Waals surface area (Å²) in [5, 5.41) is 18.1. The predicted molar refractivity (Wildman–Crippen MR) is 86.4 cm³/mol. The molecule has 1 aromatic carbocycles. The molecule has 3 N–H and O–H groups in total. The Morgan fingerprint density at radius 3 is 2.48 bits per heavy atom. The molecule has 25 heavy (non-hydrogen) atoms. The zero-order valence-electron chi connectivity index (χ0n) is 13.3. The SMILES string of the molecule is Cc1ccc(S(=O)(=O)NCCNC(=O)Cn2cc(C(=O)O)nn2)cc1. The number of nitrogens with zero attached hydrogens (tertiary/aromatic N) is 3. The van der Waals surface area contributed by atoms with Gasteiger partial charge in [0.05, 0.1) is 11.1 Å². The molecule has 1 amide bonds. The lowest BCUT2D eigenvalue weighted by Crippen LogP contribution is -2.36. The van der Waals surface area contributed by atoms with E-state index < -0.39 is 21.9 Å². The summed E-state index contributed by atoms with van der Waals surface area (Å²) in [6.45, 7) is 1.73. The van der Waals surface area contributed by atoms with Crippen LogP contribution in [0.25, 0.3) is 0 Å². The van der Waals surface area contributed by atoms with Gasteiger partial charge < -0.3 is 10.4 Å². The Hall–Kier alpha value is -2.79. The van der Waals surface area contributed by atoms with Gasteiger partial charge in [-0.05, 0) is 19.1 Å². The first-order valence-corrected chi connectivity index (χ1v) is 8.73. The van der Waals surface area contributed by atoms with Crippen LogP contribution < -0.4 is 10.0 Å². The minimum atomic E-state index is -3.63. The average Bonchev–Trinajstić information content (AvgIpc) is 3.01. The second-order valence-corrected chi connectivity index (χ2v) is 6.93. The van der Waals surface area contributed by atoms with Crippen molar-refractivity contribution in [2.45, 2.75) is 18.4 Å². The Labute approximate surface area is 143 Å². The number of carbonyl (C=O) groups is 2. The van der Waals surface area contributed by atoms with E-state index in [1.165, 1.54) is 12.1 Å². The molecule has 0 fully saturated rings. The first-order valence-electron chi connectivity index (χ1n) is 7.24. The number of nitrogens with one attached hydrogen (secondary N) is 2. The van der Waals surface area contributed by atoms with Crippen LogP contribution in [-0.4, -0.2) is 53.5 Å². The zero-order valence-corrected chi connectivity index (χ0v) is 14.2. The molecule has 1 heterocycles. The van der Waals surface area contributed by atoms with Crippen molar-refractivity contribution in [1.82, 2.24) is 25.0 Å². The number of hydrogen-bond acceptors (Lipinski definition) is 6. The summed E-state index contributed by atoms with van der Waals surface area (Å²) in [6, 6.07) is 6.39. The van der Waals surface area contributed by atoms with Gasteiger partial charge in [-0.2, -0.15) is 0 Å². The molecule has 2 rings (SSSR count). The van der Waals surface area contributed by atoms with Gasteiger partial charge in [0.15, 0.2) is 5.69 Å². The highest BCUT2D eigenvalue weighted by molar-refractivity contribution is 7.89. The Bertz CT molecular complexity index is 860. The van der Waals surface area contributed by atoms with Crippen molar-refractivity contribution in [2.75, 3.05) is 13.1 Å². The standard InChI is InChI=1S/C14H17N5O5S/c1-10-2-4-11(5-3-10)25(23,24)16-7-6-15-13(20)9-19-8-12(14(21)22)17-18-19/h2-5,8,16H,6-7,9H2,1H3,(H,15,20)(H,21,22). The number of hydrogen-bond donors (Lipinski definition) is 3. The molecule has 0 aliphatic carbocycles. The van der Waals surface area contributed by atoms with Crippen LogP contribution in [0.4, 0.5) is 0 Å². The molecule has 0 aliphatic rings. The maximum absolute atomic E-state index is 12.0. The third kappa shape index (κ3) is 5.36. The largest absolute Gasteiger partial charge is 0.476 e. The average molecular weight is 367 g/mol. The van der Waals surface area contributed by atoms with Crippen LogP contribution in [0, 0.1) is 6.92 Å². The summed E-state index contributed by atoms with van der Waals surface area (Å²) in [4.78, 5) is 22.5. The van der Waals surface area contributed by atoms with Gasteiger partial charge in [-0.15, -0.1) is 5.10 Å². The number of rotatable bonds is 8. The quantitative estimate of drug-likeness (QED) is 0.528. The lowest BCUT2D eigenvalue weighted by atomic mass is 10.2. The zero-order chi connectivity index (χ0) is 18.4. The topological polar surface area (TPSA) is 143 Å². The van der Waals surface area contributed by atoms with E-state index in [0.717, 1.165) is 16.4 Å². The van der Waals surface area contributed by atoms with E-state index in [-0.39, 0.29) is 30.2 Å². The minimum Gasteiger partial charge on any atom is -0.476 e. The lowest BCUT2D eigenvalue weighted by molar-refractivity contribution is -0.121. The number of carbonyl (C=O) groups excluding carboxylic acids is 1. The van der Waals surface area contributed by atoms with E-state index in [9.17, 15) is 18.0 Å². The summed E-state index contributed by atoms with van der Waals surface area (Å²) in [5.74, 6) is -1.69. The molecular formula is C14H17N5O5S. The van der Waals surface area contributed by atoms with Crippen molar-refractivity contribution in [3.63, 3.8) is 0 Å². The van der Waals surface area contributed by atoms with Crippen molar-refractivity contribution in [3.8, 4) is 0 Å². The number of aromatic nitrogens is 3. The number of carboxylic acid groups (broad SMARTS) is 1. The van der Waals surface area contributed by atoms with Gasteiger partial charge in [-0.1, -0.05) is 22.9 Å². The van der Waals surface area contributed by atoms with E-state index >= 15 is 0 Å². The van der Waals surface area contributed by atoms with E-state index in [4.69, 9.17) is 5.11 Å². The fourth-order valence-electron chi connectivity index (χ4n) is 1.86. The molecule has 11 heteroatoms. The van der Waals surface area contributed by atoms with Crippen LogP contribution in [0.1, 0.15) is 16.1 Å². The second-order valence-electron chi connectivity index (χ2n) is 5.17. The molecule has 0 aliphatic heterocycles. The Morgan fingerprint density at radius 1 is 1.20 bits per heavy atom. The number of sulfonamides is 1. The highest BCUT2D eigenvalue weighted by Crippen LogP contribution is 2.09. The monoisotopic (exact) mass is 367 g/mol.